The molecule has 7 heteroatoms. The van der Waals surface area contributed by atoms with Gasteiger partial charge in [-0.25, -0.2) is 9.97 Å². The normalized spacial score (nSPS) is 11.5. The van der Waals surface area contributed by atoms with Crippen LogP contribution < -0.4 is 5.32 Å². The number of nitrogens with one attached hydrogen (secondary N) is 1. The van der Waals surface area contributed by atoms with Crippen LogP contribution in [0.4, 0.5) is 18.9 Å². The molecule has 2 aromatic heterocycles. The second-order valence-corrected chi connectivity index (χ2v) is 4.19. The van der Waals surface area contributed by atoms with Gasteiger partial charge >= 0.3 is 6.18 Å². The Morgan fingerprint density at radius 3 is 2.59 bits per heavy atom. The molecule has 0 amide bonds. The third kappa shape index (κ3) is 3.16. The van der Waals surface area contributed by atoms with Crippen molar-refractivity contribution in [2.45, 2.75) is 12.7 Å². The number of hydrogen-bond acceptors (Lipinski definition) is 4. The van der Waals surface area contributed by atoms with Crippen molar-refractivity contribution in [3.05, 3.63) is 40.6 Å². The summed E-state index contributed by atoms with van der Waals surface area (Å²) in [7, 11) is 0. The van der Waals surface area contributed by atoms with Gasteiger partial charge in [-0.1, -0.05) is 0 Å². The van der Waals surface area contributed by atoms with Crippen molar-refractivity contribution in [2.75, 3.05) is 5.32 Å². The highest BCUT2D eigenvalue weighted by molar-refractivity contribution is 7.09. The van der Waals surface area contributed by atoms with Crippen LogP contribution in [0.3, 0.4) is 0 Å². The van der Waals surface area contributed by atoms with Gasteiger partial charge in [0, 0.05) is 11.6 Å². The van der Waals surface area contributed by atoms with Gasteiger partial charge < -0.3 is 5.32 Å². The molecule has 0 fully saturated rings. The molecule has 90 valence electrons. The maximum atomic E-state index is 12.2. The summed E-state index contributed by atoms with van der Waals surface area (Å²) in [6.45, 7) is 0.477. The Morgan fingerprint density at radius 1 is 1.24 bits per heavy atom. The van der Waals surface area contributed by atoms with Gasteiger partial charge in [0.25, 0.3) is 0 Å². The van der Waals surface area contributed by atoms with E-state index in [1.165, 1.54) is 17.4 Å². The average molecular weight is 259 g/mol. The molecule has 0 saturated carbocycles. The van der Waals surface area contributed by atoms with E-state index >= 15 is 0 Å². The number of rotatable bonds is 3. The molecule has 0 radical (unpaired) electrons. The molecular formula is C10H8F3N3S. The van der Waals surface area contributed by atoms with Crippen molar-refractivity contribution >= 4 is 17.0 Å². The summed E-state index contributed by atoms with van der Waals surface area (Å²) in [4.78, 5) is 7.39. The third-order valence-corrected chi connectivity index (χ3v) is 2.76. The number of nitrogens with zero attached hydrogens (tertiary/aromatic N) is 2. The molecule has 2 heterocycles. The molecule has 0 unspecified atom stereocenters. The summed E-state index contributed by atoms with van der Waals surface area (Å²) in [5.41, 5.74) is -0.356. The zero-order chi connectivity index (χ0) is 12.3. The molecule has 0 aliphatic heterocycles. The topological polar surface area (TPSA) is 37.8 Å². The van der Waals surface area contributed by atoms with Crippen LogP contribution in [0.5, 0.6) is 0 Å². The zero-order valence-corrected chi connectivity index (χ0v) is 9.35. The smallest absolute Gasteiger partial charge is 0.377 e. The molecule has 0 atom stereocenters. The lowest BCUT2D eigenvalue weighted by Gasteiger charge is -2.07. The molecule has 0 aromatic carbocycles. The Kier molecular flexibility index (Phi) is 3.28. The van der Waals surface area contributed by atoms with Crippen LogP contribution >= 0.6 is 11.3 Å². The fourth-order valence-electron chi connectivity index (χ4n) is 1.18. The first kappa shape index (κ1) is 11.8. The second-order valence-electron chi connectivity index (χ2n) is 3.21. The molecule has 2 aromatic rings. The van der Waals surface area contributed by atoms with Crippen LogP contribution in [0.2, 0.25) is 0 Å². The summed E-state index contributed by atoms with van der Waals surface area (Å²) in [5.74, 6) is 0. The summed E-state index contributed by atoms with van der Waals surface area (Å²) in [5, 5.41) is 5.64. The highest BCUT2D eigenvalue weighted by Crippen LogP contribution is 2.27. The molecule has 3 nitrogen and oxygen atoms in total. The van der Waals surface area contributed by atoms with Crippen LogP contribution in [0.1, 0.15) is 10.7 Å². The van der Waals surface area contributed by atoms with Crippen molar-refractivity contribution in [1.29, 1.82) is 0 Å². The standard InChI is InChI=1S/C10H8F3N3S/c11-10(12,13)8-2-1-7(5-16-8)15-6-9-14-3-4-17-9/h1-5,15H,6H2. The van der Waals surface area contributed by atoms with Gasteiger partial charge in [0.15, 0.2) is 0 Å². The van der Waals surface area contributed by atoms with Crippen LogP contribution in [0, 0.1) is 0 Å². The number of aromatic nitrogens is 2. The lowest BCUT2D eigenvalue weighted by atomic mass is 10.3. The lowest BCUT2D eigenvalue weighted by Crippen LogP contribution is -2.08. The summed E-state index contributed by atoms with van der Waals surface area (Å²) in [6.07, 6.45) is -1.56. The van der Waals surface area contributed by atoms with Gasteiger partial charge in [-0.05, 0) is 12.1 Å². The quantitative estimate of drug-likeness (QED) is 0.920. The van der Waals surface area contributed by atoms with Gasteiger partial charge in [0.1, 0.15) is 10.7 Å². The molecule has 1 N–H and O–H groups in total. The van der Waals surface area contributed by atoms with E-state index in [0.29, 0.717) is 12.2 Å². The molecule has 0 saturated heterocycles. The molecule has 0 spiro atoms. The maximum Gasteiger partial charge on any atom is 0.433 e. The number of alkyl halides is 3. The molecule has 0 bridgehead atoms. The van der Waals surface area contributed by atoms with E-state index in [4.69, 9.17) is 0 Å². The van der Waals surface area contributed by atoms with Gasteiger partial charge in [-0.2, -0.15) is 13.2 Å². The fraction of sp³-hybridized carbons (Fsp3) is 0.200. The van der Waals surface area contributed by atoms with Crippen molar-refractivity contribution in [1.82, 2.24) is 9.97 Å². The Balaban J connectivity index is 1.99. The van der Waals surface area contributed by atoms with E-state index in [1.807, 2.05) is 5.38 Å². The predicted molar refractivity (Wildman–Crippen MR) is 58.7 cm³/mol. The molecule has 0 aliphatic carbocycles. The first-order valence-corrected chi connectivity index (χ1v) is 5.59. The Labute approximate surface area is 99.3 Å². The Bertz CT molecular complexity index is 465. The monoisotopic (exact) mass is 259 g/mol. The first-order chi connectivity index (χ1) is 8.05. The minimum absolute atomic E-state index is 0.477. The van der Waals surface area contributed by atoms with E-state index < -0.39 is 11.9 Å². The predicted octanol–water partition coefficient (Wildman–Crippen LogP) is 3.17. The summed E-state index contributed by atoms with van der Waals surface area (Å²) < 4.78 is 36.7. The summed E-state index contributed by atoms with van der Waals surface area (Å²) in [6, 6.07) is 2.30. The minimum Gasteiger partial charge on any atom is -0.377 e. The van der Waals surface area contributed by atoms with Crippen LogP contribution in [0.25, 0.3) is 0 Å². The second kappa shape index (κ2) is 4.70. The van der Waals surface area contributed by atoms with E-state index in [9.17, 15) is 13.2 Å². The van der Waals surface area contributed by atoms with Crippen molar-refractivity contribution in [3.63, 3.8) is 0 Å². The van der Waals surface area contributed by atoms with Gasteiger partial charge in [0.2, 0.25) is 0 Å². The molecular weight excluding hydrogens is 251 g/mol. The molecule has 2 rings (SSSR count). The number of pyridine rings is 1. The Morgan fingerprint density at radius 2 is 2.06 bits per heavy atom. The van der Waals surface area contributed by atoms with E-state index in [-0.39, 0.29) is 0 Å². The fourth-order valence-corrected chi connectivity index (χ4v) is 1.74. The molecule has 0 aliphatic rings. The Hall–Kier alpha value is -1.63. The zero-order valence-electron chi connectivity index (χ0n) is 8.53. The maximum absolute atomic E-state index is 12.2. The average Bonchev–Trinajstić information content (AvgIpc) is 2.78. The van der Waals surface area contributed by atoms with Gasteiger partial charge in [-0.15, -0.1) is 11.3 Å². The highest BCUT2D eigenvalue weighted by atomic mass is 32.1. The van der Waals surface area contributed by atoms with Crippen molar-refractivity contribution < 1.29 is 13.2 Å². The van der Waals surface area contributed by atoms with Crippen LogP contribution in [-0.2, 0) is 12.7 Å². The van der Waals surface area contributed by atoms with E-state index in [2.05, 4.69) is 15.3 Å². The number of hydrogen-bond donors (Lipinski definition) is 1. The third-order valence-electron chi connectivity index (χ3n) is 1.98. The molecule has 17 heavy (non-hydrogen) atoms. The lowest BCUT2D eigenvalue weighted by molar-refractivity contribution is -0.141. The van der Waals surface area contributed by atoms with Gasteiger partial charge in [0.05, 0.1) is 18.4 Å². The van der Waals surface area contributed by atoms with Crippen LogP contribution in [0.15, 0.2) is 29.9 Å². The summed E-state index contributed by atoms with van der Waals surface area (Å²) >= 11 is 1.48. The first-order valence-electron chi connectivity index (χ1n) is 4.71. The van der Waals surface area contributed by atoms with Gasteiger partial charge in [-0.3, -0.25) is 0 Å². The highest BCUT2D eigenvalue weighted by Gasteiger charge is 2.31. The van der Waals surface area contributed by atoms with E-state index in [1.54, 1.807) is 6.20 Å². The number of thiazole rings is 1. The number of halogens is 3. The largest absolute Gasteiger partial charge is 0.433 e. The van der Waals surface area contributed by atoms with Crippen LogP contribution in [-0.4, -0.2) is 9.97 Å². The SMILES string of the molecule is FC(F)(F)c1ccc(NCc2nccs2)cn1. The van der Waals surface area contributed by atoms with Crippen molar-refractivity contribution in [2.24, 2.45) is 0 Å². The number of anilines is 1. The van der Waals surface area contributed by atoms with Crippen molar-refractivity contribution in [3.8, 4) is 0 Å². The minimum atomic E-state index is -4.40. The van der Waals surface area contributed by atoms with E-state index in [0.717, 1.165) is 17.3 Å².